The van der Waals surface area contributed by atoms with Crippen molar-refractivity contribution in [2.24, 2.45) is 0 Å². The molecule has 0 spiro atoms. The number of para-hydroxylation sites is 3. The Morgan fingerprint density at radius 3 is 0.919 bits per heavy atom. The second kappa shape index (κ2) is 18.1. The van der Waals surface area contributed by atoms with Crippen LogP contribution in [0.1, 0.15) is 53.7 Å². The van der Waals surface area contributed by atoms with Crippen LogP contribution in [-0.2, 0) is 35.4 Å². The molecule has 4 rings (SSSR count). The van der Waals surface area contributed by atoms with E-state index >= 15 is 0 Å². The predicted molar refractivity (Wildman–Crippen MR) is 140 cm³/mol. The smallest absolute Gasteiger partial charge is 0.190 e. The molecule has 0 atom stereocenters. The van der Waals surface area contributed by atoms with Gasteiger partial charge in [0.1, 0.15) is 0 Å². The van der Waals surface area contributed by atoms with Crippen LogP contribution in [-0.4, -0.2) is 20.4 Å². The molecule has 1 fully saturated rings. The van der Waals surface area contributed by atoms with Gasteiger partial charge in [-0.25, -0.2) is 14.5 Å². The molecule has 0 unspecified atom stereocenters. The summed E-state index contributed by atoms with van der Waals surface area (Å²) in [6.07, 6.45) is 2.74. The predicted octanol–water partition coefficient (Wildman–Crippen LogP) is 7.35. The average Bonchev–Trinajstić information content (AvgIpc) is 2.99. The van der Waals surface area contributed by atoms with Crippen molar-refractivity contribution in [3.8, 4) is 0 Å². The Bertz CT molecular complexity index is 1100. The summed E-state index contributed by atoms with van der Waals surface area (Å²) in [5.74, 6) is 0.657. The van der Waals surface area contributed by atoms with E-state index in [2.05, 4.69) is 53.1 Å². The molecule has 0 aliphatic heterocycles. The minimum absolute atomic E-state index is 0. The van der Waals surface area contributed by atoms with Gasteiger partial charge in [-0.2, -0.15) is 0 Å². The molecule has 0 amide bonds. The zero-order valence-electron chi connectivity index (χ0n) is 20.0. The quantitative estimate of drug-likeness (QED) is 0.188. The fourth-order valence-electron chi connectivity index (χ4n) is 4.88. The Morgan fingerprint density at radius 2 is 0.703 bits per heavy atom. The van der Waals surface area contributed by atoms with Gasteiger partial charge in [0.2, 0.25) is 0 Å². The van der Waals surface area contributed by atoms with E-state index in [1.807, 2.05) is 54.6 Å². The Morgan fingerprint density at radius 1 is 0.486 bits per heavy atom. The number of rotatable bonds is 3. The van der Waals surface area contributed by atoms with Crippen molar-refractivity contribution in [3.05, 3.63) is 124 Å². The summed E-state index contributed by atoms with van der Waals surface area (Å²) in [6, 6.07) is 23.6. The van der Waals surface area contributed by atoms with Crippen molar-refractivity contribution < 1.29 is 35.4 Å². The third kappa shape index (κ3) is 8.18. The first-order chi connectivity index (χ1) is 17.7. The second-order valence-electron chi connectivity index (χ2n) is 7.81. The molecule has 1 aliphatic carbocycles. The number of carbonyl (C=O) groups excluding carboxylic acids is 3. The van der Waals surface area contributed by atoms with Crippen molar-refractivity contribution in [2.75, 3.05) is 0 Å². The molecule has 3 aromatic rings. The molecule has 6 nitrogen and oxygen atoms in total. The molecule has 186 valence electrons. The summed E-state index contributed by atoms with van der Waals surface area (Å²) >= 11 is 0. The Labute approximate surface area is 233 Å². The van der Waals surface area contributed by atoms with Gasteiger partial charge in [0, 0.05) is 21.1 Å². The van der Waals surface area contributed by atoms with Gasteiger partial charge in [0.05, 0.1) is 19.7 Å². The fourth-order valence-corrected chi connectivity index (χ4v) is 4.88. The monoisotopic (exact) mass is 572 g/mol. The molecule has 0 radical (unpaired) electrons. The van der Waals surface area contributed by atoms with E-state index in [-0.39, 0.29) is 38.8 Å². The average molecular weight is 570 g/mol. The van der Waals surface area contributed by atoms with Gasteiger partial charge >= 0.3 is 0 Å². The van der Waals surface area contributed by atoms with E-state index < -0.39 is 0 Å². The van der Waals surface area contributed by atoms with Crippen LogP contribution < -0.4 is 0 Å². The van der Waals surface area contributed by atoms with Crippen molar-refractivity contribution in [1.82, 2.24) is 0 Å². The first-order valence-electron chi connectivity index (χ1n) is 10.8. The molecule has 0 bridgehead atoms. The topological polar surface area (TPSA) is 64.3 Å². The van der Waals surface area contributed by atoms with Gasteiger partial charge in [-0.3, -0.25) is 20.4 Å². The van der Waals surface area contributed by atoms with E-state index in [9.17, 15) is 0 Å². The van der Waals surface area contributed by atoms with Crippen LogP contribution in [0.4, 0.5) is 17.1 Å². The van der Waals surface area contributed by atoms with Gasteiger partial charge in [0.15, 0.2) is 17.1 Å². The third-order valence-electron chi connectivity index (χ3n) is 6.20. The molecule has 37 heavy (non-hydrogen) atoms. The van der Waals surface area contributed by atoms with Crippen molar-refractivity contribution in [3.63, 3.8) is 0 Å². The zero-order valence-corrected chi connectivity index (χ0v) is 22.0. The summed E-state index contributed by atoms with van der Waals surface area (Å²) in [6.45, 7) is 32.6. The van der Waals surface area contributed by atoms with Crippen molar-refractivity contribution in [2.45, 2.75) is 37.0 Å². The van der Waals surface area contributed by atoms with Crippen molar-refractivity contribution in [1.29, 1.82) is 0 Å². The summed E-state index contributed by atoms with van der Waals surface area (Å²) in [7, 11) is 0. The van der Waals surface area contributed by atoms with Crippen LogP contribution in [0.5, 0.6) is 0 Å². The van der Waals surface area contributed by atoms with Crippen LogP contribution in [0.15, 0.2) is 72.8 Å². The standard InChI is InChI=1S/C27H21N3.3CHO.Mo/c1-28-25-13-7-4-10-22(25)19-16-20(23-11-5-8-14-26(23)29-2)18-21(17-19)24-12-6-9-15-27(24)30-3;3*1-2;/h4-15,19-21H,16-18H2;3*1H;/q;3*-1;. The van der Waals surface area contributed by atoms with Crippen LogP contribution >= 0.6 is 0 Å². The number of benzene rings is 3. The first kappa shape index (κ1) is 32.8. The van der Waals surface area contributed by atoms with E-state index in [1.165, 1.54) is 0 Å². The minimum atomic E-state index is 0. The van der Waals surface area contributed by atoms with Gasteiger partial charge in [-0.1, -0.05) is 72.8 Å². The fraction of sp³-hybridized carbons (Fsp3) is 0.200. The number of hydrogen-bond donors (Lipinski definition) is 0. The van der Waals surface area contributed by atoms with Crippen LogP contribution in [0.25, 0.3) is 14.5 Å². The van der Waals surface area contributed by atoms with Gasteiger partial charge in [0.25, 0.3) is 0 Å². The van der Waals surface area contributed by atoms with E-state index in [0.717, 1.165) is 36.0 Å². The van der Waals surface area contributed by atoms with Crippen molar-refractivity contribution >= 4 is 37.4 Å². The van der Waals surface area contributed by atoms with E-state index in [4.69, 9.17) is 34.1 Å². The largest absolute Gasteiger partial charge is 0.545 e. The maximum absolute atomic E-state index is 7.75. The summed E-state index contributed by atoms with van der Waals surface area (Å²) < 4.78 is 0. The Hall–Kier alpha value is -4.17. The molecule has 0 aromatic heterocycles. The summed E-state index contributed by atoms with van der Waals surface area (Å²) in [4.78, 5) is 34.5. The number of hydrogen-bond acceptors (Lipinski definition) is 3. The Balaban J connectivity index is 0.00000173. The Kier molecular flexibility index (Phi) is 16.1. The molecular formula is C30H24MoN3O3-3. The van der Waals surface area contributed by atoms with Gasteiger partial charge < -0.3 is 14.4 Å². The van der Waals surface area contributed by atoms with Crippen LogP contribution in [0, 0.1) is 19.7 Å². The zero-order chi connectivity index (χ0) is 26.9. The minimum Gasteiger partial charge on any atom is -0.545 e. The van der Waals surface area contributed by atoms with E-state index in [1.54, 1.807) is 0 Å². The molecule has 0 heterocycles. The molecule has 1 saturated carbocycles. The molecular weight excluding hydrogens is 546 g/mol. The normalized spacial score (nSPS) is 16.9. The third-order valence-corrected chi connectivity index (χ3v) is 6.20. The maximum Gasteiger partial charge on any atom is 0.190 e. The molecule has 7 heteroatoms. The summed E-state index contributed by atoms with van der Waals surface area (Å²) in [5, 5.41) is 0. The van der Waals surface area contributed by atoms with Crippen LogP contribution in [0.3, 0.4) is 0 Å². The molecule has 0 saturated heterocycles. The molecule has 0 N–H and O–H groups in total. The number of nitrogens with zero attached hydrogens (tertiary/aromatic N) is 3. The van der Waals surface area contributed by atoms with Crippen LogP contribution in [0.2, 0.25) is 0 Å². The molecule has 3 aromatic carbocycles. The summed E-state index contributed by atoms with van der Waals surface area (Å²) in [5.41, 5.74) is 5.38. The van der Waals surface area contributed by atoms with Gasteiger partial charge in [-0.05, 0) is 53.7 Å². The van der Waals surface area contributed by atoms with Gasteiger partial charge in [-0.15, -0.1) is 0 Å². The maximum atomic E-state index is 7.75. The molecule has 1 aliphatic rings. The van der Waals surface area contributed by atoms with E-state index in [0.29, 0.717) is 17.1 Å². The SMILES string of the molecule is [C-]#[N+]c1ccccc1C1CC(c2ccccc2[N+]#[C-])CC(c2ccccc2[N+]#[C-])C1.[CH-]=O.[CH-]=O.[CH-]=O.[Mo]. The second-order valence-corrected chi connectivity index (χ2v) is 7.81. The first-order valence-corrected chi connectivity index (χ1v) is 10.8.